The molecule has 0 aromatic heterocycles. The van der Waals surface area contributed by atoms with E-state index in [1.807, 2.05) is 25.1 Å². The Kier molecular flexibility index (Phi) is 11.7. The van der Waals surface area contributed by atoms with Crippen LogP contribution >= 0.6 is 24.0 Å². The van der Waals surface area contributed by atoms with E-state index < -0.39 is 0 Å². The summed E-state index contributed by atoms with van der Waals surface area (Å²) in [6.07, 6.45) is 2.23. The normalized spacial score (nSPS) is 10.6. The number of benzene rings is 1. The highest BCUT2D eigenvalue weighted by atomic mass is 127. The third-order valence-corrected chi connectivity index (χ3v) is 2.85. The average molecular weight is 421 g/mol. The maximum Gasteiger partial charge on any atom is 0.195 e. The van der Waals surface area contributed by atoms with Gasteiger partial charge in [-0.2, -0.15) is 0 Å². The van der Waals surface area contributed by atoms with Crippen molar-refractivity contribution >= 4 is 35.6 Å². The molecule has 0 aliphatic rings. The van der Waals surface area contributed by atoms with Crippen molar-refractivity contribution in [2.75, 3.05) is 32.1 Å². The van der Waals surface area contributed by atoms with E-state index in [2.05, 4.69) is 29.5 Å². The Labute approximate surface area is 150 Å². The Balaban J connectivity index is 0.00000441. The first-order valence-electron chi connectivity index (χ1n) is 7.61. The Hall–Kier alpha value is -1.18. The van der Waals surface area contributed by atoms with E-state index in [1.165, 1.54) is 0 Å². The lowest BCUT2D eigenvalue weighted by Gasteiger charge is -2.14. The molecule has 0 heterocycles. The topological polar surface area (TPSA) is 54.9 Å². The first-order chi connectivity index (χ1) is 10.2. The van der Waals surface area contributed by atoms with Gasteiger partial charge < -0.3 is 20.1 Å². The molecule has 0 atom stereocenters. The number of halogens is 1. The zero-order valence-corrected chi connectivity index (χ0v) is 16.3. The van der Waals surface area contributed by atoms with Crippen molar-refractivity contribution in [2.45, 2.75) is 33.6 Å². The van der Waals surface area contributed by atoms with Gasteiger partial charge in [0.05, 0.1) is 13.7 Å². The Morgan fingerprint density at radius 1 is 1.18 bits per heavy atom. The van der Waals surface area contributed by atoms with Crippen molar-refractivity contribution in [3.05, 3.63) is 18.2 Å². The Morgan fingerprint density at radius 2 is 1.95 bits per heavy atom. The van der Waals surface area contributed by atoms with Gasteiger partial charge in [0, 0.05) is 24.8 Å². The maximum absolute atomic E-state index is 5.52. The van der Waals surface area contributed by atoms with Crippen LogP contribution in [0.3, 0.4) is 0 Å². The van der Waals surface area contributed by atoms with Crippen LogP contribution in [-0.2, 0) is 0 Å². The second-order valence-corrected chi connectivity index (χ2v) is 4.54. The van der Waals surface area contributed by atoms with Crippen LogP contribution < -0.4 is 20.1 Å². The summed E-state index contributed by atoms with van der Waals surface area (Å²) in [6, 6.07) is 5.78. The first-order valence-corrected chi connectivity index (χ1v) is 7.61. The molecule has 22 heavy (non-hydrogen) atoms. The van der Waals surface area contributed by atoms with E-state index in [4.69, 9.17) is 9.47 Å². The number of rotatable bonds is 8. The minimum atomic E-state index is 0. The molecule has 6 heteroatoms. The van der Waals surface area contributed by atoms with Gasteiger partial charge >= 0.3 is 0 Å². The lowest BCUT2D eigenvalue weighted by atomic mass is 10.2. The van der Waals surface area contributed by atoms with Gasteiger partial charge in [-0.25, -0.2) is 0 Å². The number of aliphatic imine (C=N–C) groups is 1. The van der Waals surface area contributed by atoms with E-state index in [9.17, 15) is 0 Å². The van der Waals surface area contributed by atoms with Crippen LogP contribution in [0.5, 0.6) is 11.5 Å². The number of unbranched alkanes of at least 4 members (excludes halogenated alkanes) is 1. The predicted molar refractivity (Wildman–Crippen MR) is 104 cm³/mol. The fourth-order valence-corrected chi connectivity index (χ4v) is 1.81. The summed E-state index contributed by atoms with van der Waals surface area (Å²) in [7, 11) is 1.64. The number of methoxy groups -OCH3 is 1. The van der Waals surface area contributed by atoms with Gasteiger partial charge in [-0.15, -0.1) is 24.0 Å². The van der Waals surface area contributed by atoms with E-state index >= 15 is 0 Å². The molecule has 1 aromatic carbocycles. The van der Waals surface area contributed by atoms with E-state index in [0.29, 0.717) is 12.4 Å². The lowest BCUT2D eigenvalue weighted by molar-refractivity contribution is 0.311. The third kappa shape index (κ3) is 7.20. The molecule has 1 aromatic rings. The molecule has 0 aliphatic carbocycles. The molecule has 1 rings (SSSR count). The second-order valence-electron chi connectivity index (χ2n) is 4.54. The molecule has 0 amide bonds. The van der Waals surface area contributed by atoms with Gasteiger partial charge in [-0.05, 0) is 32.4 Å². The van der Waals surface area contributed by atoms with Crippen LogP contribution in [0.25, 0.3) is 0 Å². The van der Waals surface area contributed by atoms with Gasteiger partial charge in [-0.3, -0.25) is 4.99 Å². The minimum absolute atomic E-state index is 0. The molecule has 5 nitrogen and oxygen atoms in total. The van der Waals surface area contributed by atoms with Gasteiger partial charge in [0.25, 0.3) is 0 Å². The van der Waals surface area contributed by atoms with E-state index in [0.717, 1.165) is 43.3 Å². The molecule has 0 radical (unpaired) electrons. The summed E-state index contributed by atoms with van der Waals surface area (Å²) in [5.74, 6) is 2.25. The molecule has 0 fully saturated rings. The monoisotopic (exact) mass is 421 g/mol. The number of anilines is 1. The van der Waals surface area contributed by atoms with Gasteiger partial charge in [0.1, 0.15) is 0 Å². The highest BCUT2D eigenvalue weighted by Crippen LogP contribution is 2.30. The summed E-state index contributed by atoms with van der Waals surface area (Å²) in [5, 5.41) is 6.52. The zero-order chi connectivity index (χ0) is 15.5. The standard InChI is InChI=1S/C16H27N3O2.HI/c1-5-8-11-18-16(17-6-2)19-13-9-10-14(21-7-3)15(12-13)20-4;/h9-10,12H,5-8,11H2,1-4H3,(H2,17,18,19);1H. The second kappa shape index (κ2) is 12.4. The number of nitrogens with one attached hydrogen (secondary N) is 2. The molecule has 0 spiro atoms. The van der Waals surface area contributed by atoms with Gasteiger partial charge in [0.15, 0.2) is 17.5 Å². The van der Waals surface area contributed by atoms with Crippen LogP contribution in [0, 0.1) is 0 Å². The van der Waals surface area contributed by atoms with Crippen LogP contribution in [0.15, 0.2) is 23.2 Å². The lowest BCUT2D eigenvalue weighted by Crippen LogP contribution is -2.30. The van der Waals surface area contributed by atoms with Crippen molar-refractivity contribution in [1.29, 1.82) is 0 Å². The van der Waals surface area contributed by atoms with Crippen LogP contribution in [0.1, 0.15) is 33.6 Å². The fourth-order valence-electron chi connectivity index (χ4n) is 1.81. The van der Waals surface area contributed by atoms with Crippen molar-refractivity contribution in [3.8, 4) is 11.5 Å². The van der Waals surface area contributed by atoms with Crippen LogP contribution in [0.2, 0.25) is 0 Å². The average Bonchev–Trinajstić information content (AvgIpc) is 2.49. The Morgan fingerprint density at radius 3 is 2.55 bits per heavy atom. The number of guanidine groups is 1. The molecule has 0 saturated carbocycles. The highest BCUT2D eigenvalue weighted by Gasteiger charge is 2.06. The van der Waals surface area contributed by atoms with Crippen molar-refractivity contribution in [2.24, 2.45) is 4.99 Å². The minimum Gasteiger partial charge on any atom is -0.493 e. The molecule has 2 N–H and O–H groups in total. The summed E-state index contributed by atoms with van der Waals surface area (Å²) >= 11 is 0. The SMILES string of the molecule is CCCCN=C(NCC)Nc1ccc(OCC)c(OC)c1.I. The van der Waals surface area contributed by atoms with Crippen LogP contribution in [-0.4, -0.2) is 32.8 Å². The molecule has 0 aliphatic heterocycles. The first kappa shape index (κ1) is 20.8. The number of nitrogens with zero attached hydrogens (tertiary/aromatic N) is 1. The summed E-state index contributed by atoms with van der Waals surface area (Å²) in [5.41, 5.74) is 0.923. The number of hydrogen-bond donors (Lipinski definition) is 2. The zero-order valence-electron chi connectivity index (χ0n) is 13.9. The largest absolute Gasteiger partial charge is 0.493 e. The third-order valence-electron chi connectivity index (χ3n) is 2.85. The predicted octanol–water partition coefficient (Wildman–Crippen LogP) is 3.89. The Bertz CT molecular complexity index is 453. The molecular weight excluding hydrogens is 393 g/mol. The fraction of sp³-hybridized carbons (Fsp3) is 0.562. The molecular formula is C16H28IN3O2. The number of ether oxygens (including phenoxy) is 2. The van der Waals surface area contributed by atoms with E-state index in [-0.39, 0.29) is 24.0 Å². The maximum atomic E-state index is 5.52. The smallest absolute Gasteiger partial charge is 0.195 e. The quantitative estimate of drug-likeness (QED) is 0.290. The van der Waals surface area contributed by atoms with Gasteiger partial charge in [0.2, 0.25) is 0 Å². The van der Waals surface area contributed by atoms with Gasteiger partial charge in [-0.1, -0.05) is 13.3 Å². The summed E-state index contributed by atoms with van der Waals surface area (Å²) in [6.45, 7) is 8.43. The highest BCUT2D eigenvalue weighted by molar-refractivity contribution is 14.0. The molecule has 0 unspecified atom stereocenters. The van der Waals surface area contributed by atoms with E-state index in [1.54, 1.807) is 7.11 Å². The van der Waals surface area contributed by atoms with Crippen molar-refractivity contribution < 1.29 is 9.47 Å². The molecule has 126 valence electrons. The van der Waals surface area contributed by atoms with Crippen molar-refractivity contribution in [3.63, 3.8) is 0 Å². The summed E-state index contributed by atoms with van der Waals surface area (Å²) in [4.78, 5) is 4.54. The van der Waals surface area contributed by atoms with Crippen molar-refractivity contribution in [1.82, 2.24) is 5.32 Å². The molecule has 0 bridgehead atoms. The van der Waals surface area contributed by atoms with Crippen LogP contribution in [0.4, 0.5) is 5.69 Å². The number of hydrogen-bond acceptors (Lipinski definition) is 3. The molecule has 0 saturated heterocycles. The summed E-state index contributed by atoms with van der Waals surface area (Å²) < 4.78 is 10.9.